The van der Waals surface area contributed by atoms with Crippen LogP contribution in [0.2, 0.25) is 0 Å². The van der Waals surface area contributed by atoms with Gasteiger partial charge in [0.2, 0.25) is 5.90 Å². The fraction of sp³-hybridized carbons (Fsp3) is 0.0952. The Bertz CT molecular complexity index is 1380. The van der Waals surface area contributed by atoms with Crippen LogP contribution < -0.4 is 15.8 Å². The molecule has 9 nitrogen and oxygen atoms in total. The van der Waals surface area contributed by atoms with Crippen molar-refractivity contribution < 1.29 is 31.1 Å². The number of hydrogen-bond donors (Lipinski definition) is 3. The number of nitrogens with two attached hydrogens (primary N) is 1. The van der Waals surface area contributed by atoms with Crippen LogP contribution in [0.4, 0.5) is 30.4 Å². The lowest BCUT2D eigenvalue weighted by molar-refractivity contribution is 0.101. The summed E-state index contributed by atoms with van der Waals surface area (Å²) in [6.45, 7) is 0. The number of nitrogen functional groups attached to an aromatic ring is 1. The lowest BCUT2D eigenvalue weighted by Gasteiger charge is -2.13. The fourth-order valence-electron chi connectivity index (χ4n) is 2.89. The summed E-state index contributed by atoms with van der Waals surface area (Å²) in [4.78, 5) is 20.1. The van der Waals surface area contributed by atoms with Crippen molar-refractivity contribution in [1.29, 1.82) is 0 Å². The molecule has 0 saturated heterocycles. The molecule has 0 saturated carbocycles. The van der Waals surface area contributed by atoms with Crippen LogP contribution in [-0.2, 0) is 14.8 Å². The molecule has 0 unspecified atom stereocenters. The molecule has 0 atom stereocenters. The number of carbonyl (C=O) groups excluding carboxylic acids is 1. The predicted octanol–water partition coefficient (Wildman–Crippen LogP) is 3.16. The number of halogens is 3. The van der Waals surface area contributed by atoms with Gasteiger partial charge in [0.15, 0.2) is 5.82 Å². The number of pyridine rings is 1. The van der Waals surface area contributed by atoms with Crippen molar-refractivity contribution in [2.75, 3.05) is 29.9 Å². The van der Waals surface area contributed by atoms with E-state index in [1.807, 2.05) is 4.72 Å². The molecular weight excluding hydrogens is 475 g/mol. The Labute approximate surface area is 192 Å². The van der Waals surface area contributed by atoms with E-state index in [1.54, 1.807) is 0 Å². The Morgan fingerprint density at radius 1 is 1.12 bits per heavy atom. The number of ether oxygens (including phenoxy) is 1. The summed E-state index contributed by atoms with van der Waals surface area (Å²) in [6, 6.07) is 6.61. The summed E-state index contributed by atoms with van der Waals surface area (Å²) in [7, 11) is -1.57. The first-order chi connectivity index (χ1) is 16.1. The number of hydrogen-bond acceptors (Lipinski definition) is 7. The standard InChI is InChI=1S/C21H18F3N5O4S/c1-26-21(33-2)14-9-12(10-27-19(14)25)28-20(30)17-15(23)7-8-16(18(17)24)29-34(31,32)13-5-3-11(22)4-6-13/h3-10,29H,1-2H3,(H2,25,27)(H,28,30)/b26-21+. The second-order valence-electron chi connectivity index (χ2n) is 6.69. The zero-order valence-electron chi connectivity index (χ0n) is 17.8. The van der Waals surface area contributed by atoms with Crippen molar-refractivity contribution in [3.63, 3.8) is 0 Å². The molecule has 1 aromatic heterocycles. The zero-order chi connectivity index (χ0) is 25.0. The Balaban J connectivity index is 1.92. The van der Waals surface area contributed by atoms with Gasteiger partial charge in [0, 0.05) is 7.05 Å². The number of sulfonamides is 1. The maximum atomic E-state index is 15.0. The van der Waals surface area contributed by atoms with Crippen LogP contribution in [0.5, 0.6) is 0 Å². The van der Waals surface area contributed by atoms with Gasteiger partial charge in [-0.05, 0) is 42.5 Å². The van der Waals surface area contributed by atoms with Gasteiger partial charge in [0.25, 0.3) is 15.9 Å². The van der Waals surface area contributed by atoms with Crippen LogP contribution in [-0.4, -0.2) is 39.4 Å². The number of aromatic nitrogens is 1. The molecule has 0 aliphatic heterocycles. The van der Waals surface area contributed by atoms with Crippen molar-refractivity contribution in [2.24, 2.45) is 4.99 Å². The molecule has 0 bridgehead atoms. The second kappa shape index (κ2) is 9.79. The molecule has 0 fully saturated rings. The van der Waals surface area contributed by atoms with Crippen molar-refractivity contribution in [3.8, 4) is 0 Å². The molecule has 0 aliphatic carbocycles. The van der Waals surface area contributed by atoms with Crippen LogP contribution in [0, 0.1) is 17.5 Å². The Hall–Kier alpha value is -4.13. The minimum atomic E-state index is -4.35. The molecule has 1 heterocycles. The Morgan fingerprint density at radius 2 is 1.79 bits per heavy atom. The van der Waals surface area contributed by atoms with Gasteiger partial charge in [-0.3, -0.25) is 14.5 Å². The number of aliphatic imine (C=N–C) groups is 1. The summed E-state index contributed by atoms with van der Waals surface area (Å²) in [5.41, 5.74) is 4.28. The number of anilines is 3. The smallest absolute Gasteiger partial charge is 0.261 e. The number of methoxy groups -OCH3 is 1. The van der Waals surface area contributed by atoms with Gasteiger partial charge in [-0.15, -0.1) is 0 Å². The third-order valence-electron chi connectivity index (χ3n) is 4.49. The molecule has 0 radical (unpaired) electrons. The van der Waals surface area contributed by atoms with E-state index in [1.165, 1.54) is 20.2 Å². The maximum Gasteiger partial charge on any atom is 0.261 e. The molecule has 0 spiro atoms. The summed E-state index contributed by atoms with van der Waals surface area (Å²) >= 11 is 0. The van der Waals surface area contributed by atoms with Gasteiger partial charge in [-0.2, -0.15) is 0 Å². The first kappa shape index (κ1) is 24.5. The van der Waals surface area contributed by atoms with Gasteiger partial charge >= 0.3 is 0 Å². The molecular formula is C21H18F3N5O4S. The van der Waals surface area contributed by atoms with E-state index in [0.29, 0.717) is 0 Å². The van der Waals surface area contributed by atoms with E-state index in [2.05, 4.69) is 15.3 Å². The molecule has 3 rings (SSSR count). The maximum absolute atomic E-state index is 15.0. The van der Waals surface area contributed by atoms with E-state index in [-0.39, 0.29) is 27.9 Å². The topological polar surface area (TPSA) is 136 Å². The van der Waals surface area contributed by atoms with Gasteiger partial charge in [0.05, 0.1) is 35.1 Å². The monoisotopic (exact) mass is 493 g/mol. The average Bonchev–Trinajstić information content (AvgIpc) is 2.79. The molecule has 4 N–H and O–H groups in total. The fourth-order valence-corrected chi connectivity index (χ4v) is 3.95. The summed E-state index contributed by atoms with van der Waals surface area (Å²) in [6.07, 6.45) is 1.15. The Morgan fingerprint density at radius 3 is 2.41 bits per heavy atom. The first-order valence-electron chi connectivity index (χ1n) is 9.41. The third-order valence-corrected chi connectivity index (χ3v) is 5.87. The normalized spacial score (nSPS) is 11.7. The minimum Gasteiger partial charge on any atom is -0.481 e. The Kier molecular flexibility index (Phi) is 7.05. The van der Waals surface area contributed by atoms with Crippen molar-refractivity contribution in [1.82, 2.24) is 4.98 Å². The van der Waals surface area contributed by atoms with Gasteiger partial charge < -0.3 is 15.8 Å². The molecule has 2 aromatic carbocycles. The highest BCUT2D eigenvalue weighted by Gasteiger charge is 2.24. The highest BCUT2D eigenvalue weighted by atomic mass is 32.2. The predicted molar refractivity (Wildman–Crippen MR) is 120 cm³/mol. The van der Waals surface area contributed by atoms with Crippen LogP contribution in [0.25, 0.3) is 0 Å². The van der Waals surface area contributed by atoms with E-state index in [4.69, 9.17) is 10.5 Å². The lowest BCUT2D eigenvalue weighted by Crippen LogP contribution is -2.20. The summed E-state index contributed by atoms with van der Waals surface area (Å²) in [5.74, 6) is -4.45. The summed E-state index contributed by atoms with van der Waals surface area (Å²) in [5, 5.41) is 2.27. The van der Waals surface area contributed by atoms with Crippen LogP contribution in [0.15, 0.2) is 58.5 Å². The lowest BCUT2D eigenvalue weighted by atomic mass is 10.1. The number of benzene rings is 2. The highest BCUT2D eigenvalue weighted by molar-refractivity contribution is 7.92. The quantitative estimate of drug-likeness (QED) is 0.357. The first-order valence-corrected chi connectivity index (χ1v) is 10.9. The number of amides is 1. The van der Waals surface area contributed by atoms with Gasteiger partial charge in [0.1, 0.15) is 23.0 Å². The molecule has 13 heteroatoms. The van der Waals surface area contributed by atoms with E-state index in [9.17, 15) is 22.0 Å². The van der Waals surface area contributed by atoms with E-state index in [0.717, 1.165) is 42.6 Å². The van der Waals surface area contributed by atoms with Crippen molar-refractivity contribution in [3.05, 3.63) is 77.2 Å². The molecule has 1 amide bonds. The highest BCUT2D eigenvalue weighted by Crippen LogP contribution is 2.26. The van der Waals surface area contributed by atoms with Crippen molar-refractivity contribution in [2.45, 2.75) is 4.90 Å². The van der Waals surface area contributed by atoms with Crippen LogP contribution in [0.1, 0.15) is 15.9 Å². The zero-order valence-corrected chi connectivity index (χ0v) is 18.6. The van der Waals surface area contributed by atoms with E-state index >= 15 is 4.39 Å². The molecule has 3 aromatic rings. The third kappa shape index (κ3) is 5.09. The molecule has 178 valence electrons. The number of carbonyl (C=O) groups is 1. The number of rotatable bonds is 6. The molecule has 34 heavy (non-hydrogen) atoms. The van der Waals surface area contributed by atoms with Gasteiger partial charge in [-0.25, -0.2) is 26.6 Å². The second-order valence-corrected chi connectivity index (χ2v) is 8.37. The van der Waals surface area contributed by atoms with Gasteiger partial charge in [-0.1, -0.05) is 0 Å². The SMILES string of the molecule is C/N=C(/OC)c1cc(NC(=O)c2c(F)ccc(NS(=O)(=O)c3ccc(F)cc3)c2F)cnc1N. The average molecular weight is 493 g/mol. The van der Waals surface area contributed by atoms with Crippen LogP contribution >= 0.6 is 0 Å². The molecule has 0 aliphatic rings. The van der Waals surface area contributed by atoms with Crippen LogP contribution in [0.3, 0.4) is 0 Å². The van der Waals surface area contributed by atoms with Crippen molar-refractivity contribution >= 4 is 39.0 Å². The number of nitrogens with zero attached hydrogens (tertiary/aromatic N) is 2. The largest absolute Gasteiger partial charge is 0.481 e. The van der Waals surface area contributed by atoms with E-state index < -0.39 is 44.6 Å². The number of nitrogens with one attached hydrogen (secondary N) is 2. The minimum absolute atomic E-state index is 0.0171. The summed E-state index contributed by atoms with van der Waals surface area (Å²) < 4.78 is 74.4.